The molecule has 8 nitrogen and oxygen atoms in total. The number of nitrogens with zero attached hydrogens (tertiary/aromatic N) is 2. The summed E-state index contributed by atoms with van der Waals surface area (Å²) in [4.78, 5) is 14.5. The van der Waals surface area contributed by atoms with Crippen LogP contribution in [-0.4, -0.2) is 49.5 Å². The molecule has 1 aliphatic rings. The summed E-state index contributed by atoms with van der Waals surface area (Å²) in [6.45, 7) is 0.532. The highest BCUT2D eigenvalue weighted by Gasteiger charge is 2.55. The Labute approximate surface area is 107 Å². The van der Waals surface area contributed by atoms with Crippen LogP contribution in [0, 0.1) is 0 Å². The van der Waals surface area contributed by atoms with E-state index in [9.17, 15) is 14.3 Å². The Morgan fingerprint density at radius 1 is 1.68 bits per heavy atom. The van der Waals surface area contributed by atoms with Crippen molar-refractivity contribution in [2.24, 2.45) is 0 Å². The van der Waals surface area contributed by atoms with E-state index in [1.807, 2.05) is 0 Å². The number of nitrogens with one attached hydrogen (secondary N) is 1. The van der Waals surface area contributed by atoms with Crippen LogP contribution in [0.25, 0.3) is 0 Å². The van der Waals surface area contributed by atoms with Crippen molar-refractivity contribution < 1.29 is 24.5 Å². The van der Waals surface area contributed by atoms with Crippen molar-refractivity contribution in [2.75, 3.05) is 12.1 Å². The SMILES string of the molecule is C[C@@]1(F)[C@H](O)[C@@H](CO)O[C@H]1n1ccc(=O)nc1NO. The van der Waals surface area contributed by atoms with Crippen molar-refractivity contribution in [3.8, 4) is 0 Å². The summed E-state index contributed by atoms with van der Waals surface area (Å²) in [5.74, 6) is -0.327. The fourth-order valence-electron chi connectivity index (χ4n) is 2.05. The first kappa shape index (κ1) is 13.9. The van der Waals surface area contributed by atoms with Crippen molar-refractivity contribution in [3.63, 3.8) is 0 Å². The third-order valence-electron chi connectivity index (χ3n) is 3.09. The first-order valence-electron chi connectivity index (χ1n) is 5.54. The third-order valence-corrected chi connectivity index (χ3v) is 3.09. The molecular weight excluding hydrogens is 261 g/mol. The van der Waals surface area contributed by atoms with E-state index in [0.717, 1.165) is 17.6 Å². The zero-order chi connectivity index (χ0) is 14.2. The molecule has 1 fully saturated rings. The van der Waals surface area contributed by atoms with Gasteiger partial charge in [0.2, 0.25) is 5.95 Å². The molecule has 0 aliphatic carbocycles. The van der Waals surface area contributed by atoms with Crippen LogP contribution in [0.1, 0.15) is 13.2 Å². The minimum atomic E-state index is -2.23. The van der Waals surface area contributed by atoms with Crippen LogP contribution in [0.4, 0.5) is 10.3 Å². The first-order chi connectivity index (χ1) is 8.91. The van der Waals surface area contributed by atoms with Gasteiger partial charge in [-0.2, -0.15) is 4.98 Å². The van der Waals surface area contributed by atoms with Crippen LogP contribution in [-0.2, 0) is 4.74 Å². The lowest BCUT2D eigenvalue weighted by molar-refractivity contribution is -0.0586. The van der Waals surface area contributed by atoms with E-state index in [-0.39, 0.29) is 5.95 Å². The molecule has 0 radical (unpaired) electrons. The monoisotopic (exact) mass is 275 g/mol. The molecule has 0 spiro atoms. The average molecular weight is 275 g/mol. The number of alkyl halides is 1. The maximum absolute atomic E-state index is 14.5. The molecule has 1 saturated heterocycles. The topological polar surface area (TPSA) is 117 Å². The van der Waals surface area contributed by atoms with Crippen LogP contribution in [0.15, 0.2) is 17.1 Å². The number of halogens is 1. The maximum atomic E-state index is 14.5. The second-order valence-electron chi connectivity index (χ2n) is 4.41. The second-order valence-corrected chi connectivity index (χ2v) is 4.41. The molecule has 4 atom stereocenters. The molecular formula is C10H14FN3O5. The van der Waals surface area contributed by atoms with Gasteiger partial charge in [-0.05, 0) is 6.92 Å². The van der Waals surface area contributed by atoms with Gasteiger partial charge in [-0.3, -0.25) is 14.6 Å². The highest BCUT2D eigenvalue weighted by molar-refractivity contribution is 5.23. The largest absolute Gasteiger partial charge is 0.394 e. The molecule has 1 aliphatic heterocycles. The predicted octanol–water partition coefficient (Wildman–Crippen LogP) is -0.977. The summed E-state index contributed by atoms with van der Waals surface area (Å²) in [5.41, 5.74) is -1.20. The van der Waals surface area contributed by atoms with Gasteiger partial charge < -0.3 is 14.9 Å². The van der Waals surface area contributed by atoms with Crippen molar-refractivity contribution >= 4 is 5.95 Å². The Kier molecular flexibility index (Phi) is 3.54. The smallest absolute Gasteiger partial charge is 0.274 e. The second kappa shape index (κ2) is 4.85. The number of rotatable bonds is 3. The summed E-state index contributed by atoms with van der Waals surface area (Å²) < 4.78 is 20.7. The van der Waals surface area contributed by atoms with Gasteiger partial charge in [0.25, 0.3) is 5.56 Å². The van der Waals surface area contributed by atoms with Crippen molar-refractivity contribution in [2.45, 2.75) is 31.0 Å². The van der Waals surface area contributed by atoms with Gasteiger partial charge in [0.1, 0.15) is 12.2 Å². The van der Waals surface area contributed by atoms with Crippen LogP contribution in [0.3, 0.4) is 0 Å². The van der Waals surface area contributed by atoms with E-state index < -0.39 is 36.3 Å². The fourth-order valence-corrected chi connectivity index (χ4v) is 2.05. The molecule has 19 heavy (non-hydrogen) atoms. The summed E-state index contributed by atoms with van der Waals surface area (Å²) in [6, 6.07) is 1.05. The van der Waals surface area contributed by atoms with E-state index >= 15 is 0 Å². The number of hydrogen-bond acceptors (Lipinski definition) is 7. The highest BCUT2D eigenvalue weighted by atomic mass is 19.1. The molecule has 9 heteroatoms. The molecule has 106 valence electrons. The third kappa shape index (κ3) is 2.21. The first-order valence-corrected chi connectivity index (χ1v) is 5.54. The van der Waals surface area contributed by atoms with Crippen molar-refractivity contribution in [1.29, 1.82) is 0 Å². The molecule has 1 aromatic rings. The van der Waals surface area contributed by atoms with Crippen molar-refractivity contribution in [3.05, 3.63) is 22.6 Å². The van der Waals surface area contributed by atoms with Crippen molar-refractivity contribution in [1.82, 2.24) is 9.55 Å². The Hall–Kier alpha value is -1.55. The van der Waals surface area contributed by atoms with E-state index in [0.29, 0.717) is 0 Å². The van der Waals surface area contributed by atoms with E-state index in [1.165, 1.54) is 6.20 Å². The summed E-state index contributed by atoms with van der Waals surface area (Å²) in [5, 5.41) is 27.6. The summed E-state index contributed by atoms with van der Waals surface area (Å²) in [6.07, 6.45) is -2.83. The molecule has 0 amide bonds. The summed E-state index contributed by atoms with van der Waals surface area (Å²) >= 11 is 0. The number of aliphatic hydroxyl groups excluding tert-OH is 2. The van der Waals surface area contributed by atoms with Crippen LogP contribution < -0.4 is 11.0 Å². The van der Waals surface area contributed by atoms with E-state index in [1.54, 1.807) is 5.48 Å². The Morgan fingerprint density at radius 2 is 2.37 bits per heavy atom. The number of hydrogen-bond donors (Lipinski definition) is 4. The number of ether oxygens (including phenoxy) is 1. The molecule has 0 aromatic carbocycles. The lowest BCUT2D eigenvalue weighted by Crippen LogP contribution is -2.41. The normalized spacial score (nSPS) is 34.5. The zero-order valence-electron chi connectivity index (χ0n) is 10.0. The Bertz CT molecular complexity index is 520. The minimum Gasteiger partial charge on any atom is -0.394 e. The minimum absolute atomic E-state index is 0.327. The molecule has 1 aromatic heterocycles. The molecule has 2 heterocycles. The van der Waals surface area contributed by atoms with Gasteiger partial charge in [-0.25, -0.2) is 9.87 Å². The number of aromatic nitrogens is 2. The fraction of sp³-hybridized carbons (Fsp3) is 0.600. The van der Waals surface area contributed by atoms with Gasteiger partial charge >= 0.3 is 0 Å². The van der Waals surface area contributed by atoms with Gasteiger partial charge in [0.05, 0.1) is 6.61 Å². The van der Waals surface area contributed by atoms with Gasteiger partial charge in [0.15, 0.2) is 11.9 Å². The van der Waals surface area contributed by atoms with Gasteiger partial charge in [-0.1, -0.05) is 0 Å². The highest BCUT2D eigenvalue weighted by Crippen LogP contribution is 2.41. The average Bonchev–Trinajstić information content (AvgIpc) is 2.61. The van der Waals surface area contributed by atoms with E-state index in [2.05, 4.69) is 4.98 Å². The Morgan fingerprint density at radius 3 is 2.89 bits per heavy atom. The quantitative estimate of drug-likeness (QED) is 0.524. The molecule has 4 N–H and O–H groups in total. The van der Waals surface area contributed by atoms with E-state index in [4.69, 9.17) is 15.1 Å². The lowest BCUT2D eigenvalue weighted by Gasteiger charge is -2.26. The molecule has 0 saturated carbocycles. The van der Waals surface area contributed by atoms with Gasteiger partial charge in [0, 0.05) is 12.3 Å². The number of aliphatic hydroxyl groups is 2. The maximum Gasteiger partial charge on any atom is 0.274 e. The van der Waals surface area contributed by atoms with Crippen LogP contribution >= 0.6 is 0 Å². The van der Waals surface area contributed by atoms with Crippen LogP contribution in [0.5, 0.6) is 0 Å². The molecule has 0 unspecified atom stereocenters. The lowest BCUT2D eigenvalue weighted by atomic mass is 9.98. The standard InChI is InChI=1S/C10H14FN3O5/c1-10(11)7(17)5(4-15)19-8(10)14-3-2-6(16)12-9(14)13-18/h2-3,5,7-8,15,17-18H,4H2,1H3,(H,12,13,16)/t5-,7-,8-,10-/m1/s1. The molecule has 2 rings (SSSR count). The van der Waals surface area contributed by atoms with Gasteiger partial charge in [-0.15, -0.1) is 0 Å². The number of anilines is 1. The zero-order valence-corrected chi connectivity index (χ0v) is 10.0. The predicted molar refractivity (Wildman–Crippen MR) is 60.4 cm³/mol. The molecule has 0 bridgehead atoms. The van der Waals surface area contributed by atoms with Crippen LogP contribution in [0.2, 0.25) is 0 Å². The Balaban J connectivity index is 2.44. The summed E-state index contributed by atoms with van der Waals surface area (Å²) in [7, 11) is 0.